The van der Waals surface area contributed by atoms with Crippen molar-refractivity contribution in [3.8, 4) is 0 Å². The molecule has 2 aliphatic rings. The Labute approximate surface area is 121 Å². The van der Waals surface area contributed by atoms with Gasteiger partial charge < -0.3 is 10.2 Å². The second-order valence-electron chi connectivity index (χ2n) is 5.92. The van der Waals surface area contributed by atoms with Gasteiger partial charge in [0.2, 0.25) is 0 Å². The first-order valence-corrected chi connectivity index (χ1v) is 7.70. The summed E-state index contributed by atoms with van der Waals surface area (Å²) in [6.07, 6.45) is 5.02. The first-order valence-electron chi connectivity index (χ1n) is 7.29. The topological polar surface area (TPSA) is 15.3 Å². The molecule has 1 aliphatic carbocycles. The van der Waals surface area contributed by atoms with E-state index in [1.54, 1.807) is 0 Å². The van der Waals surface area contributed by atoms with Crippen LogP contribution in [0.3, 0.4) is 0 Å². The van der Waals surface area contributed by atoms with Gasteiger partial charge in [0.1, 0.15) is 0 Å². The largest absolute Gasteiger partial charge is 0.360 e. The number of hydrogen-bond acceptors (Lipinski definition) is 1. The van der Waals surface area contributed by atoms with Crippen molar-refractivity contribution in [2.45, 2.75) is 51.6 Å². The molecule has 19 heavy (non-hydrogen) atoms. The van der Waals surface area contributed by atoms with Crippen molar-refractivity contribution in [3.05, 3.63) is 34.9 Å². The quantitative estimate of drug-likeness (QED) is 0.831. The van der Waals surface area contributed by atoms with Crippen LogP contribution in [-0.2, 0) is 0 Å². The van der Waals surface area contributed by atoms with E-state index >= 15 is 0 Å². The highest BCUT2D eigenvalue weighted by Gasteiger charge is 2.31. The van der Waals surface area contributed by atoms with Crippen LogP contribution in [0.1, 0.15) is 48.4 Å². The fraction of sp³-hybridized carbons (Fsp3) is 0.562. The predicted octanol–water partition coefficient (Wildman–Crippen LogP) is 3.48. The van der Waals surface area contributed by atoms with E-state index < -0.39 is 0 Å². The molecule has 3 heteroatoms. The summed E-state index contributed by atoms with van der Waals surface area (Å²) in [5.41, 5.74) is 4.16. The second kappa shape index (κ2) is 5.12. The van der Waals surface area contributed by atoms with Crippen molar-refractivity contribution < 1.29 is 0 Å². The molecule has 0 spiro atoms. The van der Waals surface area contributed by atoms with E-state index in [1.807, 2.05) is 0 Å². The molecule has 1 heterocycles. The zero-order valence-corrected chi connectivity index (χ0v) is 12.6. The molecule has 1 aliphatic heterocycles. The fourth-order valence-electron chi connectivity index (χ4n) is 2.81. The van der Waals surface area contributed by atoms with Gasteiger partial charge in [0, 0.05) is 12.6 Å². The lowest BCUT2D eigenvalue weighted by Gasteiger charge is -2.28. The third-order valence-electron chi connectivity index (χ3n) is 4.33. The summed E-state index contributed by atoms with van der Waals surface area (Å²) < 4.78 is 0. The van der Waals surface area contributed by atoms with Crippen LogP contribution in [0.5, 0.6) is 0 Å². The number of nitrogens with one attached hydrogen (secondary N) is 1. The SMILES string of the molecule is Cc1ccc([C@@H]2CCCN2C(=S)NC2CC2)cc1C. The Hall–Kier alpha value is -1.09. The summed E-state index contributed by atoms with van der Waals surface area (Å²) in [4.78, 5) is 2.39. The molecular formula is C16H22N2S. The minimum Gasteiger partial charge on any atom is -0.360 e. The van der Waals surface area contributed by atoms with Crippen LogP contribution >= 0.6 is 12.2 Å². The van der Waals surface area contributed by atoms with Gasteiger partial charge >= 0.3 is 0 Å². The van der Waals surface area contributed by atoms with Crippen LogP contribution < -0.4 is 5.32 Å². The Morgan fingerprint density at radius 3 is 2.68 bits per heavy atom. The van der Waals surface area contributed by atoms with E-state index in [4.69, 9.17) is 12.2 Å². The summed E-state index contributed by atoms with van der Waals surface area (Å²) in [6, 6.07) is 7.95. The molecule has 1 saturated heterocycles. The van der Waals surface area contributed by atoms with Crippen LogP contribution in [0.2, 0.25) is 0 Å². The van der Waals surface area contributed by atoms with Crippen molar-refractivity contribution in [1.82, 2.24) is 10.2 Å². The monoisotopic (exact) mass is 274 g/mol. The molecule has 1 aromatic carbocycles. The lowest BCUT2D eigenvalue weighted by molar-refractivity contribution is 0.393. The van der Waals surface area contributed by atoms with Crippen molar-refractivity contribution in [2.75, 3.05) is 6.54 Å². The minimum absolute atomic E-state index is 0.470. The highest BCUT2D eigenvalue weighted by atomic mass is 32.1. The molecule has 0 amide bonds. The molecule has 0 bridgehead atoms. The molecule has 1 saturated carbocycles. The number of hydrogen-bond donors (Lipinski definition) is 1. The van der Waals surface area contributed by atoms with Gasteiger partial charge in [-0.05, 0) is 68.4 Å². The van der Waals surface area contributed by atoms with Gasteiger partial charge in [-0.1, -0.05) is 18.2 Å². The molecule has 1 atom stereocenters. The first-order chi connectivity index (χ1) is 9.15. The van der Waals surface area contributed by atoms with Gasteiger partial charge in [0.15, 0.2) is 5.11 Å². The van der Waals surface area contributed by atoms with Gasteiger partial charge in [-0.2, -0.15) is 0 Å². The zero-order chi connectivity index (χ0) is 13.4. The molecule has 0 unspecified atom stereocenters. The van der Waals surface area contributed by atoms with Crippen LogP contribution in [-0.4, -0.2) is 22.6 Å². The van der Waals surface area contributed by atoms with Gasteiger partial charge in [-0.25, -0.2) is 0 Å². The number of thiocarbonyl (C=S) groups is 1. The number of nitrogens with zero attached hydrogens (tertiary/aromatic N) is 1. The fourth-order valence-corrected chi connectivity index (χ4v) is 3.20. The standard InChI is InChI=1S/C16H22N2S/c1-11-5-6-13(10-12(11)2)15-4-3-9-18(15)16(19)17-14-7-8-14/h5-6,10,14-15H,3-4,7-9H2,1-2H3,(H,17,19)/t15-/m0/s1. The lowest BCUT2D eigenvalue weighted by atomic mass is 9.99. The second-order valence-corrected chi connectivity index (χ2v) is 6.31. The van der Waals surface area contributed by atoms with Gasteiger partial charge in [0.25, 0.3) is 0 Å². The van der Waals surface area contributed by atoms with Gasteiger partial charge in [-0.3, -0.25) is 0 Å². The zero-order valence-electron chi connectivity index (χ0n) is 11.8. The molecule has 2 nitrogen and oxygen atoms in total. The Bertz CT molecular complexity index is 494. The van der Waals surface area contributed by atoms with Crippen LogP contribution in [0.15, 0.2) is 18.2 Å². The van der Waals surface area contributed by atoms with Crippen molar-refractivity contribution >= 4 is 17.3 Å². The first kappa shape index (κ1) is 12.9. The summed E-state index contributed by atoms with van der Waals surface area (Å²) in [5.74, 6) is 0. The van der Waals surface area contributed by atoms with Gasteiger partial charge in [-0.15, -0.1) is 0 Å². The normalized spacial score (nSPS) is 22.6. The van der Waals surface area contributed by atoms with Crippen LogP contribution in [0.4, 0.5) is 0 Å². The maximum atomic E-state index is 5.58. The number of aryl methyl sites for hydroxylation is 2. The van der Waals surface area contributed by atoms with E-state index in [9.17, 15) is 0 Å². The minimum atomic E-state index is 0.470. The Morgan fingerprint density at radius 2 is 2.00 bits per heavy atom. The van der Waals surface area contributed by atoms with E-state index in [1.165, 1.54) is 42.4 Å². The van der Waals surface area contributed by atoms with E-state index in [0.717, 1.165) is 11.7 Å². The molecular weight excluding hydrogens is 252 g/mol. The summed E-state index contributed by atoms with van der Waals surface area (Å²) in [7, 11) is 0. The average Bonchev–Trinajstić information content (AvgIpc) is 3.06. The van der Waals surface area contributed by atoms with Crippen molar-refractivity contribution in [1.29, 1.82) is 0 Å². The molecule has 0 radical (unpaired) electrons. The Kier molecular flexibility index (Phi) is 3.48. The number of rotatable bonds is 2. The average molecular weight is 274 g/mol. The van der Waals surface area contributed by atoms with Gasteiger partial charge in [0.05, 0.1) is 6.04 Å². The lowest BCUT2D eigenvalue weighted by Crippen LogP contribution is -2.40. The Morgan fingerprint density at radius 1 is 1.21 bits per heavy atom. The summed E-state index contributed by atoms with van der Waals surface area (Å²) in [6.45, 7) is 5.46. The number of benzene rings is 1. The maximum absolute atomic E-state index is 5.58. The smallest absolute Gasteiger partial charge is 0.169 e. The molecule has 102 valence electrons. The molecule has 3 rings (SSSR count). The van der Waals surface area contributed by atoms with Crippen LogP contribution in [0, 0.1) is 13.8 Å². The molecule has 2 fully saturated rings. The summed E-state index contributed by atoms with van der Waals surface area (Å²) >= 11 is 5.58. The van der Waals surface area contributed by atoms with E-state index in [0.29, 0.717) is 12.1 Å². The molecule has 0 aromatic heterocycles. The number of likely N-dealkylation sites (tertiary alicyclic amines) is 1. The van der Waals surface area contributed by atoms with E-state index in [2.05, 4.69) is 42.3 Å². The third-order valence-corrected chi connectivity index (χ3v) is 4.69. The van der Waals surface area contributed by atoms with E-state index in [-0.39, 0.29) is 0 Å². The van der Waals surface area contributed by atoms with Crippen molar-refractivity contribution in [2.24, 2.45) is 0 Å². The molecule has 1 aromatic rings. The third kappa shape index (κ3) is 2.76. The maximum Gasteiger partial charge on any atom is 0.169 e. The Balaban J connectivity index is 1.77. The van der Waals surface area contributed by atoms with Crippen molar-refractivity contribution in [3.63, 3.8) is 0 Å². The highest BCUT2D eigenvalue weighted by Crippen LogP contribution is 2.33. The highest BCUT2D eigenvalue weighted by molar-refractivity contribution is 7.80. The van der Waals surface area contributed by atoms with Crippen LogP contribution in [0.25, 0.3) is 0 Å². The summed E-state index contributed by atoms with van der Waals surface area (Å²) in [5, 5.41) is 4.44. The predicted molar refractivity (Wildman–Crippen MR) is 83.4 cm³/mol. The molecule has 1 N–H and O–H groups in total.